The van der Waals surface area contributed by atoms with E-state index in [1.54, 1.807) is 18.3 Å². The topological polar surface area (TPSA) is 54.5 Å². The highest BCUT2D eigenvalue weighted by molar-refractivity contribution is 5.96. The number of carbonyl (C=O) groups excluding carboxylic acids is 1. The predicted octanol–water partition coefficient (Wildman–Crippen LogP) is 1.30. The van der Waals surface area contributed by atoms with Crippen molar-refractivity contribution in [2.45, 2.75) is 32.4 Å². The SMILES string of the molecule is COc1ncccc1C(=O)NC1CCN(C(C)C)C1. The van der Waals surface area contributed by atoms with Gasteiger partial charge in [0.1, 0.15) is 5.56 Å². The summed E-state index contributed by atoms with van der Waals surface area (Å²) in [7, 11) is 1.52. The Bertz CT molecular complexity index is 448. The van der Waals surface area contributed by atoms with Crippen LogP contribution in [0.15, 0.2) is 18.3 Å². The Morgan fingerprint density at radius 2 is 2.37 bits per heavy atom. The summed E-state index contributed by atoms with van der Waals surface area (Å²) in [4.78, 5) is 18.6. The van der Waals surface area contributed by atoms with E-state index in [9.17, 15) is 4.79 Å². The molecule has 104 valence electrons. The molecule has 0 saturated carbocycles. The van der Waals surface area contributed by atoms with Crippen molar-refractivity contribution in [3.05, 3.63) is 23.9 Å². The molecule has 1 unspecified atom stereocenters. The lowest BCUT2D eigenvalue weighted by Gasteiger charge is -2.20. The average Bonchev–Trinajstić information content (AvgIpc) is 2.87. The smallest absolute Gasteiger partial charge is 0.257 e. The molecule has 1 aromatic heterocycles. The fraction of sp³-hybridized carbons (Fsp3) is 0.571. The van der Waals surface area contributed by atoms with Gasteiger partial charge in [-0.1, -0.05) is 0 Å². The Labute approximate surface area is 114 Å². The molecule has 1 aliphatic rings. The van der Waals surface area contributed by atoms with E-state index < -0.39 is 0 Å². The number of hydrogen-bond donors (Lipinski definition) is 1. The maximum absolute atomic E-state index is 12.2. The van der Waals surface area contributed by atoms with Crippen molar-refractivity contribution in [3.8, 4) is 5.88 Å². The fourth-order valence-electron chi connectivity index (χ4n) is 2.36. The molecule has 2 heterocycles. The normalized spacial score (nSPS) is 19.7. The van der Waals surface area contributed by atoms with E-state index in [0.717, 1.165) is 19.5 Å². The van der Waals surface area contributed by atoms with Crippen molar-refractivity contribution >= 4 is 5.91 Å². The Morgan fingerprint density at radius 3 is 3.00 bits per heavy atom. The van der Waals surface area contributed by atoms with E-state index in [0.29, 0.717) is 17.5 Å². The summed E-state index contributed by atoms with van der Waals surface area (Å²) in [5.41, 5.74) is 0.494. The number of hydrogen-bond acceptors (Lipinski definition) is 4. The maximum atomic E-state index is 12.2. The minimum atomic E-state index is -0.111. The number of amides is 1. The molecule has 0 aromatic carbocycles. The third-order valence-electron chi connectivity index (χ3n) is 3.49. The third kappa shape index (κ3) is 3.23. The number of carbonyl (C=O) groups is 1. The van der Waals surface area contributed by atoms with Crippen LogP contribution in [0.3, 0.4) is 0 Å². The van der Waals surface area contributed by atoms with E-state index in [2.05, 4.69) is 29.0 Å². The third-order valence-corrected chi connectivity index (χ3v) is 3.49. The van der Waals surface area contributed by atoms with Crippen LogP contribution in [-0.4, -0.2) is 48.1 Å². The van der Waals surface area contributed by atoms with E-state index in [1.807, 2.05) is 0 Å². The van der Waals surface area contributed by atoms with E-state index in [4.69, 9.17) is 4.74 Å². The van der Waals surface area contributed by atoms with E-state index in [1.165, 1.54) is 7.11 Å². The molecule has 2 rings (SSSR count). The van der Waals surface area contributed by atoms with Crippen molar-refractivity contribution in [3.63, 3.8) is 0 Å². The van der Waals surface area contributed by atoms with Crippen LogP contribution < -0.4 is 10.1 Å². The number of nitrogens with zero attached hydrogens (tertiary/aromatic N) is 2. The lowest BCUT2D eigenvalue weighted by Crippen LogP contribution is -2.38. The van der Waals surface area contributed by atoms with Gasteiger partial charge in [-0.2, -0.15) is 0 Å². The van der Waals surface area contributed by atoms with Gasteiger partial charge in [-0.25, -0.2) is 4.98 Å². The zero-order valence-electron chi connectivity index (χ0n) is 11.7. The number of aromatic nitrogens is 1. The van der Waals surface area contributed by atoms with Gasteiger partial charge in [0, 0.05) is 31.4 Å². The van der Waals surface area contributed by atoms with Crippen LogP contribution in [0.4, 0.5) is 0 Å². The number of rotatable bonds is 4. The van der Waals surface area contributed by atoms with Crippen molar-refractivity contribution in [2.24, 2.45) is 0 Å². The van der Waals surface area contributed by atoms with E-state index >= 15 is 0 Å². The van der Waals surface area contributed by atoms with Gasteiger partial charge in [-0.05, 0) is 32.4 Å². The van der Waals surface area contributed by atoms with Gasteiger partial charge in [0.15, 0.2) is 0 Å². The highest BCUT2D eigenvalue weighted by Gasteiger charge is 2.26. The first-order chi connectivity index (χ1) is 9.11. The van der Waals surface area contributed by atoms with E-state index in [-0.39, 0.29) is 11.9 Å². The first-order valence-electron chi connectivity index (χ1n) is 6.65. The molecule has 19 heavy (non-hydrogen) atoms. The van der Waals surface area contributed by atoms with Gasteiger partial charge < -0.3 is 10.1 Å². The van der Waals surface area contributed by atoms with Crippen molar-refractivity contribution in [1.29, 1.82) is 0 Å². The first kappa shape index (κ1) is 13.8. The minimum Gasteiger partial charge on any atom is -0.480 e. The second-order valence-corrected chi connectivity index (χ2v) is 5.11. The summed E-state index contributed by atoms with van der Waals surface area (Å²) >= 11 is 0. The summed E-state index contributed by atoms with van der Waals surface area (Å²) in [5, 5.41) is 3.05. The Morgan fingerprint density at radius 1 is 1.58 bits per heavy atom. The monoisotopic (exact) mass is 263 g/mol. The molecular formula is C14H21N3O2. The molecule has 5 nitrogen and oxygen atoms in total. The standard InChI is InChI=1S/C14H21N3O2/c1-10(2)17-8-6-11(9-17)16-13(18)12-5-4-7-15-14(12)19-3/h4-5,7,10-11H,6,8-9H2,1-3H3,(H,16,18). The molecule has 0 radical (unpaired) electrons. The van der Waals surface area contributed by atoms with Crippen LogP contribution in [0.5, 0.6) is 5.88 Å². The average molecular weight is 263 g/mol. The van der Waals surface area contributed by atoms with Crippen LogP contribution >= 0.6 is 0 Å². The van der Waals surface area contributed by atoms with Gasteiger partial charge in [-0.15, -0.1) is 0 Å². The van der Waals surface area contributed by atoms with Gasteiger partial charge >= 0.3 is 0 Å². The molecule has 1 atom stereocenters. The maximum Gasteiger partial charge on any atom is 0.257 e. The summed E-state index contributed by atoms with van der Waals surface area (Å²) in [6.45, 7) is 6.29. The molecule has 5 heteroatoms. The van der Waals surface area contributed by atoms with Crippen LogP contribution in [0.1, 0.15) is 30.6 Å². The molecule has 1 aliphatic heterocycles. The summed E-state index contributed by atoms with van der Waals surface area (Å²) in [5.74, 6) is 0.263. The summed E-state index contributed by atoms with van der Waals surface area (Å²) < 4.78 is 5.11. The highest BCUT2D eigenvalue weighted by Crippen LogP contribution is 2.16. The molecule has 0 aliphatic carbocycles. The zero-order chi connectivity index (χ0) is 13.8. The molecular weight excluding hydrogens is 242 g/mol. The lowest BCUT2D eigenvalue weighted by atomic mass is 10.2. The fourth-order valence-corrected chi connectivity index (χ4v) is 2.36. The highest BCUT2D eigenvalue weighted by atomic mass is 16.5. The van der Waals surface area contributed by atoms with Crippen LogP contribution in [-0.2, 0) is 0 Å². The van der Waals surface area contributed by atoms with Gasteiger partial charge in [-0.3, -0.25) is 9.69 Å². The summed E-state index contributed by atoms with van der Waals surface area (Å²) in [6, 6.07) is 4.21. The van der Waals surface area contributed by atoms with Crippen molar-refractivity contribution < 1.29 is 9.53 Å². The van der Waals surface area contributed by atoms with Crippen LogP contribution in [0.2, 0.25) is 0 Å². The van der Waals surface area contributed by atoms with Gasteiger partial charge in [0.05, 0.1) is 7.11 Å². The minimum absolute atomic E-state index is 0.111. The second kappa shape index (κ2) is 6.02. The molecule has 1 saturated heterocycles. The zero-order valence-corrected chi connectivity index (χ0v) is 11.7. The summed E-state index contributed by atoms with van der Waals surface area (Å²) in [6.07, 6.45) is 2.61. The Balaban J connectivity index is 1.98. The second-order valence-electron chi connectivity index (χ2n) is 5.11. The number of nitrogens with one attached hydrogen (secondary N) is 1. The number of methoxy groups -OCH3 is 1. The van der Waals surface area contributed by atoms with Crippen LogP contribution in [0.25, 0.3) is 0 Å². The quantitative estimate of drug-likeness (QED) is 0.889. The molecule has 0 bridgehead atoms. The molecule has 1 fully saturated rings. The number of ether oxygens (including phenoxy) is 1. The molecule has 1 amide bonds. The van der Waals surface area contributed by atoms with Crippen LogP contribution in [0, 0.1) is 0 Å². The lowest BCUT2D eigenvalue weighted by molar-refractivity contribution is 0.0933. The van der Waals surface area contributed by atoms with Crippen molar-refractivity contribution in [2.75, 3.05) is 20.2 Å². The molecule has 0 spiro atoms. The first-order valence-corrected chi connectivity index (χ1v) is 6.65. The predicted molar refractivity (Wildman–Crippen MR) is 73.4 cm³/mol. The van der Waals surface area contributed by atoms with Gasteiger partial charge in [0.25, 0.3) is 5.91 Å². The Kier molecular flexibility index (Phi) is 4.37. The molecule has 1 N–H and O–H groups in total. The Hall–Kier alpha value is -1.62. The molecule has 1 aromatic rings. The number of likely N-dealkylation sites (tertiary alicyclic amines) is 1. The number of pyridine rings is 1. The van der Waals surface area contributed by atoms with Gasteiger partial charge in [0.2, 0.25) is 5.88 Å². The largest absolute Gasteiger partial charge is 0.480 e. The van der Waals surface area contributed by atoms with Crippen molar-refractivity contribution in [1.82, 2.24) is 15.2 Å².